The van der Waals surface area contributed by atoms with Crippen LogP contribution in [0.25, 0.3) is 0 Å². The van der Waals surface area contributed by atoms with Crippen LogP contribution >= 0.6 is 22.6 Å². The highest BCUT2D eigenvalue weighted by atomic mass is 127. The maximum atomic E-state index is 11.3. The van der Waals surface area contributed by atoms with Crippen molar-refractivity contribution in [3.63, 3.8) is 0 Å². The topological polar surface area (TPSA) is 43.4 Å². The molecule has 0 amide bonds. The fourth-order valence-corrected chi connectivity index (χ4v) is 5.73. The normalized spacial score (nSPS) is 33.1. The highest BCUT2D eigenvalue weighted by molar-refractivity contribution is 14.1. The minimum Gasteiger partial charge on any atom is -0.373 e. The van der Waals surface area contributed by atoms with E-state index in [-0.39, 0.29) is 27.6 Å². The third-order valence-electron chi connectivity index (χ3n) is 2.34. The molecular weight excluding hydrogens is 315 g/mol. The minimum absolute atomic E-state index is 0.0952. The summed E-state index contributed by atoms with van der Waals surface area (Å²) in [5.74, 6) is 0.478. The van der Waals surface area contributed by atoms with Crippen molar-refractivity contribution in [2.24, 2.45) is 0 Å². The van der Waals surface area contributed by atoms with Gasteiger partial charge in [-0.25, -0.2) is 8.42 Å². The number of hydrogen-bond acceptors (Lipinski definition) is 3. The molecule has 1 heterocycles. The second-order valence-electron chi connectivity index (χ2n) is 3.87. The van der Waals surface area contributed by atoms with Gasteiger partial charge in [0.1, 0.15) is 0 Å². The van der Waals surface area contributed by atoms with Crippen molar-refractivity contribution in [1.29, 1.82) is 0 Å². The van der Waals surface area contributed by atoms with Gasteiger partial charge >= 0.3 is 0 Å². The van der Waals surface area contributed by atoms with Crippen LogP contribution in [-0.2, 0) is 14.6 Å². The Labute approximate surface area is 99.7 Å². The lowest BCUT2D eigenvalue weighted by Crippen LogP contribution is -2.27. The molecule has 3 atom stereocenters. The summed E-state index contributed by atoms with van der Waals surface area (Å²) < 4.78 is 28.4. The third kappa shape index (κ3) is 3.66. The van der Waals surface area contributed by atoms with Gasteiger partial charge in [-0.15, -0.1) is 0 Å². The van der Waals surface area contributed by atoms with Gasteiger partial charge < -0.3 is 4.74 Å². The molecular formula is C9H17IO3S. The molecule has 1 aliphatic heterocycles. The molecule has 0 aromatic rings. The fourth-order valence-electron chi connectivity index (χ4n) is 1.67. The largest absolute Gasteiger partial charge is 0.373 e. The van der Waals surface area contributed by atoms with Gasteiger partial charge in [0, 0.05) is 0 Å². The van der Waals surface area contributed by atoms with Gasteiger partial charge in [0.05, 0.1) is 27.6 Å². The third-order valence-corrected chi connectivity index (χ3v) is 5.88. The zero-order valence-electron chi connectivity index (χ0n) is 8.57. The SMILES string of the molecule is CCCC(C)OC1CS(=O)(=O)CC1I. The van der Waals surface area contributed by atoms with Crippen LogP contribution < -0.4 is 0 Å². The Balaban J connectivity index is 2.46. The van der Waals surface area contributed by atoms with Crippen LogP contribution in [0.15, 0.2) is 0 Å². The van der Waals surface area contributed by atoms with E-state index in [1.165, 1.54) is 0 Å². The average Bonchev–Trinajstić information content (AvgIpc) is 2.25. The standard InChI is InChI=1S/C9H17IO3S/c1-3-4-7(2)13-9-6-14(11,12)5-8(9)10/h7-9H,3-6H2,1-2H3. The van der Waals surface area contributed by atoms with Crippen LogP contribution in [0.5, 0.6) is 0 Å². The van der Waals surface area contributed by atoms with Gasteiger partial charge in [0.2, 0.25) is 0 Å². The highest BCUT2D eigenvalue weighted by Crippen LogP contribution is 2.24. The number of hydrogen-bond donors (Lipinski definition) is 0. The molecule has 0 saturated carbocycles. The molecule has 84 valence electrons. The number of halogens is 1. The first-order valence-corrected chi connectivity index (χ1v) is 8.01. The van der Waals surface area contributed by atoms with Crippen LogP contribution in [0.4, 0.5) is 0 Å². The summed E-state index contributed by atoms with van der Waals surface area (Å²) in [6.07, 6.45) is 2.16. The predicted octanol–water partition coefficient (Wildman–Crippen LogP) is 1.79. The van der Waals surface area contributed by atoms with Crippen LogP contribution in [0.3, 0.4) is 0 Å². The van der Waals surface area contributed by atoms with E-state index in [0.717, 1.165) is 12.8 Å². The number of sulfone groups is 1. The van der Waals surface area contributed by atoms with E-state index in [1.54, 1.807) is 0 Å². The molecule has 0 radical (unpaired) electrons. The first-order valence-electron chi connectivity index (χ1n) is 4.94. The van der Waals surface area contributed by atoms with E-state index in [1.807, 2.05) is 6.92 Å². The fraction of sp³-hybridized carbons (Fsp3) is 1.00. The summed E-state index contributed by atoms with van der Waals surface area (Å²) in [6.45, 7) is 4.12. The second-order valence-corrected chi connectivity index (χ2v) is 7.62. The molecule has 3 nitrogen and oxygen atoms in total. The molecule has 1 aliphatic rings. The molecule has 1 fully saturated rings. The van der Waals surface area contributed by atoms with Crippen molar-refractivity contribution in [2.45, 2.75) is 42.8 Å². The summed E-state index contributed by atoms with van der Waals surface area (Å²) in [6, 6.07) is 0. The van der Waals surface area contributed by atoms with Crippen molar-refractivity contribution in [2.75, 3.05) is 11.5 Å². The van der Waals surface area contributed by atoms with Crippen LogP contribution in [0, 0.1) is 0 Å². The first kappa shape index (κ1) is 12.7. The van der Waals surface area contributed by atoms with Crippen LogP contribution in [0.1, 0.15) is 26.7 Å². The summed E-state index contributed by atoms with van der Waals surface area (Å²) >= 11 is 2.18. The molecule has 0 spiro atoms. The number of rotatable bonds is 4. The summed E-state index contributed by atoms with van der Waals surface area (Å²) in [5, 5.41) is 0. The Bertz CT molecular complexity index is 276. The van der Waals surface area contributed by atoms with Gasteiger partial charge in [0.15, 0.2) is 9.84 Å². The minimum atomic E-state index is -2.84. The lowest BCUT2D eigenvalue weighted by Gasteiger charge is -2.19. The molecule has 0 N–H and O–H groups in total. The van der Waals surface area contributed by atoms with Gasteiger partial charge in [-0.1, -0.05) is 35.9 Å². The molecule has 14 heavy (non-hydrogen) atoms. The van der Waals surface area contributed by atoms with E-state index in [0.29, 0.717) is 0 Å². The van der Waals surface area contributed by atoms with E-state index in [2.05, 4.69) is 29.5 Å². The summed E-state index contributed by atoms with van der Waals surface area (Å²) in [4.78, 5) is 0. The Morgan fingerprint density at radius 3 is 2.57 bits per heavy atom. The number of ether oxygens (including phenoxy) is 1. The maximum Gasteiger partial charge on any atom is 0.154 e. The van der Waals surface area contributed by atoms with Crippen molar-refractivity contribution in [3.8, 4) is 0 Å². The van der Waals surface area contributed by atoms with Crippen molar-refractivity contribution >= 4 is 32.4 Å². The Morgan fingerprint density at radius 1 is 1.50 bits per heavy atom. The Morgan fingerprint density at radius 2 is 2.14 bits per heavy atom. The molecule has 1 rings (SSSR count). The first-order chi connectivity index (χ1) is 6.44. The molecule has 1 saturated heterocycles. The molecule has 0 bridgehead atoms. The van der Waals surface area contributed by atoms with Gasteiger partial charge in [-0.3, -0.25) is 0 Å². The van der Waals surface area contributed by atoms with Crippen LogP contribution in [-0.4, -0.2) is 36.1 Å². The van der Waals surface area contributed by atoms with Crippen molar-refractivity contribution < 1.29 is 13.2 Å². The molecule has 0 aromatic carbocycles. The van der Waals surface area contributed by atoms with E-state index in [9.17, 15) is 8.42 Å². The molecule has 5 heteroatoms. The van der Waals surface area contributed by atoms with E-state index >= 15 is 0 Å². The lowest BCUT2D eigenvalue weighted by molar-refractivity contribution is 0.0129. The van der Waals surface area contributed by atoms with Crippen molar-refractivity contribution in [1.82, 2.24) is 0 Å². The van der Waals surface area contributed by atoms with Gasteiger partial charge in [-0.2, -0.15) is 0 Å². The Kier molecular flexibility index (Phi) is 4.64. The highest BCUT2D eigenvalue weighted by Gasteiger charge is 2.37. The number of alkyl halides is 1. The van der Waals surface area contributed by atoms with Gasteiger partial charge in [-0.05, 0) is 13.3 Å². The predicted molar refractivity (Wildman–Crippen MR) is 65.7 cm³/mol. The van der Waals surface area contributed by atoms with E-state index < -0.39 is 9.84 Å². The molecule has 0 aliphatic carbocycles. The molecule has 0 aromatic heterocycles. The Hall–Kier alpha value is 0.640. The summed E-state index contributed by atoms with van der Waals surface area (Å²) in [7, 11) is -2.84. The quantitative estimate of drug-likeness (QED) is 0.582. The summed E-state index contributed by atoms with van der Waals surface area (Å²) in [5.41, 5.74) is 0. The average molecular weight is 332 g/mol. The zero-order chi connectivity index (χ0) is 10.8. The second kappa shape index (κ2) is 5.12. The maximum absolute atomic E-state index is 11.3. The van der Waals surface area contributed by atoms with E-state index in [4.69, 9.17) is 4.74 Å². The smallest absolute Gasteiger partial charge is 0.154 e. The zero-order valence-corrected chi connectivity index (χ0v) is 11.5. The molecule has 3 unspecified atom stereocenters. The van der Waals surface area contributed by atoms with Crippen molar-refractivity contribution in [3.05, 3.63) is 0 Å². The monoisotopic (exact) mass is 332 g/mol. The van der Waals surface area contributed by atoms with Crippen LogP contribution in [0.2, 0.25) is 0 Å². The lowest BCUT2D eigenvalue weighted by atomic mass is 10.2. The van der Waals surface area contributed by atoms with Gasteiger partial charge in [0.25, 0.3) is 0 Å².